The third-order valence-electron chi connectivity index (χ3n) is 0.501. The second-order valence-electron chi connectivity index (χ2n) is 1.03. The van der Waals surface area contributed by atoms with E-state index in [0.29, 0.717) is 6.61 Å². The van der Waals surface area contributed by atoms with Crippen molar-refractivity contribution in [2.24, 2.45) is 0 Å². The van der Waals surface area contributed by atoms with Crippen LogP contribution in [-0.2, 0) is 13.6 Å². The smallest absolute Gasteiger partial charge is 0.300 e. The second kappa shape index (κ2) is 3.46. The third-order valence-corrected chi connectivity index (χ3v) is 2.21. The largest absolute Gasteiger partial charge is 0.423 e. The second-order valence-corrected chi connectivity index (χ2v) is 3.76. The molecule has 0 aliphatic rings. The van der Waals surface area contributed by atoms with Crippen LogP contribution in [0.25, 0.3) is 0 Å². The van der Waals surface area contributed by atoms with E-state index >= 15 is 0 Å². The highest BCUT2D eigenvalue weighted by atomic mass is 35.7. The summed E-state index contributed by atoms with van der Waals surface area (Å²) in [6.45, 7) is -1.21. The molecule has 0 radical (unpaired) electrons. The molecule has 0 saturated carbocycles. The lowest BCUT2D eigenvalue weighted by Crippen LogP contribution is -1.83. The summed E-state index contributed by atoms with van der Waals surface area (Å²) in [6, 6.07) is 0. The van der Waals surface area contributed by atoms with Gasteiger partial charge in [0.1, 0.15) is 0 Å². The first-order valence-corrected chi connectivity index (χ1v) is 4.57. The Morgan fingerprint density at radius 1 is 1.75 bits per heavy atom. The minimum absolute atomic E-state index is 0.300. The molecule has 0 amide bonds. The van der Waals surface area contributed by atoms with Crippen LogP contribution in [0.5, 0.6) is 0 Å². The summed E-state index contributed by atoms with van der Waals surface area (Å²) in [5.74, 6) is 0. The minimum Gasteiger partial charge on any atom is -0.300 e. The predicted octanol–water partition coefficient (Wildman–Crippen LogP) is 2.02. The van der Waals surface area contributed by atoms with Crippen molar-refractivity contribution in [1.82, 2.24) is 0 Å². The summed E-state index contributed by atoms with van der Waals surface area (Å²) < 4.78 is 19.3. The minimum atomic E-state index is -3.20. The summed E-state index contributed by atoms with van der Waals surface area (Å²) in [5.41, 5.74) is 0. The van der Waals surface area contributed by atoms with Gasteiger partial charge in [0.25, 0.3) is 0 Å². The Bertz CT molecular complexity index is 105. The van der Waals surface area contributed by atoms with E-state index in [2.05, 4.69) is 9.05 Å². The van der Waals surface area contributed by atoms with Gasteiger partial charge in [0.05, 0.1) is 6.61 Å². The Morgan fingerprint density at radius 3 is 2.38 bits per heavy atom. The van der Waals surface area contributed by atoms with E-state index in [1.807, 2.05) is 0 Å². The molecular weight excluding hydrogens is 150 g/mol. The Kier molecular flexibility index (Phi) is 3.65. The van der Waals surface area contributed by atoms with Crippen molar-refractivity contribution < 1.29 is 13.6 Å². The Morgan fingerprint density at radius 2 is 2.25 bits per heavy atom. The molecule has 0 aliphatic heterocycles. The number of halogens is 1. The monoisotopic (exact) mass is 158 g/mol. The van der Waals surface area contributed by atoms with Crippen molar-refractivity contribution in [3.8, 4) is 0 Å². The molecule has 1 unspecified atom stereocenters. The Balaban J connectivity index is 3.55. The SMILES string of the molecule is CCOP(=O)(Cl)OC. The summed E-state index contributed by atoms with van der Waals surface area (Å²) in [5, 5.41) is 0. The first-order chi connectivity index (χ1) is 3.62. The summed E-state index contributed by atoms with van der Waals surface area (Å²) in [6.07, 6.45) is 0. The summed E-state index contributed by atoms with van der Waals surface area (Å²) in [4.78, 5) is 0. The van der Waals surface area contributed by atoms with Crippen molar-refractivity contribution in [3.05, 3.63) is 0 Å². The van der Waals surface area contributed by atoms with Crippen molar-refractivity contribution >= 4 is 18.2 Å². The maximum atomic E-state index is 10.5. The fourth-order valence-electron chi connectivity index (χ4n) is 0.207. The summed E-state index contributed by atoms with van der Waals surface area (Å²) in [7, 11) is 1.24. The van der Waals surface area contributed by atoms with Gasteiger partial charge < -0.3 is 4.52 Å². The molecular formula is C3H8ClO3P. The molecule has 50 valence electrons. The molecule has 0 spiro atoms. The lowest BCUT2D eigenvalue weighted by Gasteiger charge is -2.04. The van der Waals surface area contributed by atoms with Gasteiger partial charge in [-0.3, -0.25) is 4.52 Å². The first-order valence-electron chi connectivity index (χ1n) is 2.12. The van der Waals surface area contributed by atoms with E-state index in [4.69, 9.17) is 11.2 Å². The maximum Gasteiger partial charge on any atom is 0.423 e. The van der Waals surface area contributed by atoms with Gasteiger partial charge in [0.15, 0.2) is 0 Å². The zero-order chi connectivity index (χ0) is 6.62. The first kappa shape index (κ1) is 8.44. The van der Waals surface area contributed by atoms with Gasteiger partial charge >= 0.3 is 6.95 Å². The van der Waals surface area contributed by atoms with E-state index < -0.39 is 6.95 Å². The number of rotatable bonds is 3. The molecule has 0 saturated heterocycles. The van der Waals surface area contributed by atoms with E-state index in [1.54, 1.807) is 6.92 Å². The quantitative estimate of drug-likeness (QED) is 0.590. The van der Waals surface area contributed by atoms with Crippen LogP contribution in [-0.4, -0.2) is 13.7 Å². The maximum absolute atomic E-state index is 10.5. The van der Waals surface area contributed by atoms with E-state index in [9.17, 15) is 4.57 Å². The van der Waals surface area contributed by atoms with Crippen LogP contribution in [0, 0.1) is 0 Å². The van der Waals surface area contributed by atoms with E-state index in [-0.39, 0.29) is 0 Å². The number of hydrogen-bond acceptors (Lipinski definition) is 3. The zero-order valence-electron chi connectivity index (χ0n) is 4.76. The highest BCUT2D eigenvalue weighted by Gasteiger charge is 2.15. The standard InChI is InChI=1S/C3H8ClO3P/c1-3-7-8(4,5)6-2/h3H2,1-2H3. The van der Waals surface area contributed by atoms with Crippen molar-refractivity contribution in [2.75, 3.05) is 13.7 Å². The van der Waals surface area contributed by atoms with Gasteiger partial charge in [0, 0.05) is 18.4 Å². The molecule has 5 heteroatoms. The molecule has 3 nitrogen and oxygen atoms in total. The molecule has 0 aromatic carbocycles. The average Bonchev–Trinajstić information content (AvgIpc) is 1.67. The molecule has 1 atom stereocenters. The van der Waals surface area contributed by atoms with Gasteiger partial charge in [-0.15, -0.1) is 0 Å². The van der Waals surface area contributed by atoms with Crippen molar-refractivity contribution in [2.45, 2.75) is 6.92 Å². The van der Waals surface area contributed by atoms with Crippen LogP contribution in [0.2, 0.25) is 0 Å². The van der Waals surface area contributed by atoms with Crippen LogP contribution in [0.4, 0.5) is 0 Å². The molecule has 0 aromatic heterocycles. The summed E-state index contributed by atoms with van der Waals surface area (Å²) >= 11 is 5.13. The Hall–Kier alpha value is 0.440. The van der Waals surface area contributed by atoms with Crippen molar-refractivity contribution in [3.63, 3.8) is 0 Å². The van der Waals surface area contributed by atoms with Crippen LogP contribution in [0.1, 0.15) is 6.92 Å². The van der Waals surface area contributed by atoms with Crippen LogP contribution in [0.3, 0.4) is 0 Å². The fraction of sp³-hybridized carbons (Fsp3) is 1.00. The van der Waals surface area contributed by atoms with Crippen LogP contribution < -0.4 is 0 Å². The van der Waals surface area contributed by atoms with Crippen LogP contribution >= 0.6 is 18.2 Å². The van der Waals surface area contributed by atoms with Crippen LogP contribution in [0.15, 0.2) is 0 Å². The predicted molar refractivity (Wildman–Crippen MR) is 32.1 cm³/mol. The molecule has 0 aliphatic carbocycles. The Labute approximate surface area is 53.3 Å². The number of hydrogen-bond donors (Lipinski definition) is 0. The third kappa shape index (κ3) is 3.44. The van der Waals surface area contributed by atoms with Gasteiger partial charge in [-0.25, -0.2) is 4.57 Å². The van der Waals surface area contributed by atoms with Gasteiger partial charge in [-0.2, -0.15) is 0 Å². The molecule has 0 aromatic rings. The average molecular weight is 159 g/mol. The normalized spacial score (nSPS) is 17.9. The molecule has 8 heavy (non-hydrogen) atoms. The van der Waals surface area contributed by atoms with Crippen molar-refractivity contribution in [1.29, 1.82) is 0 Å². The van der Waals surface area contributed by atoms with E-state index in [0.717, 1.165) is 0 Å². The lowest BCUT2D eigenvalue weighted by molar-refractivity contribution is 0.260. The van der Waals surface area contributed by atoms with Gasteiger partial charge in [-0.05, 0) is 6.92 Å². The van der Waals surface area contributed by atoms with Gasteiger partial charge in [-0.1, -0.05) is 0 Å². The molecule has 0 bridgehead atoms. The molecule has 0 N–H and O–H groups in total. The topological polar surface area (TPSA) is 35.5 Å². The van der Waals surface area contributed by atoms with E-state index in [1.165, 1.54) is 7.11 Å². The highest BCUT2D eigenvalue weighted by molar-refractivity contribution is 7.81. The highest BCUT2D eigenvalue weighted by Crippen LogP contribution is 2.52. The fourth-order valence-corrected chi connectivity index (χ4v) is 0.913. The lowest BCUT2D eigenvalue weighted by atomic mass is 10.9. The molecule has 0 fully saturated rings. The van der Waals surface area contributed by atoms with Gasteiger partial charge in [0.2, 0.25) is 0 Å². The molecule has 0 rings (SSSR count). The zero-order valence-corrected chi connectivity index (χ0v) is 6.41. The molecule has 0 heterocycles.